The van der Waals surface area contributed by atoms with E-state index in [1.807, 2.05) is 24.3 Å². The first-order valence-electron chi connectivity index (χ1n) is 7.85. The number of benzene rings is 1. The van der Waals surface area contributed by atoms with E-state index in [0.29, 0.717) is 13.1 Å². The Labute approximate surface area is 139 Å². The first kappa shape index (κ1) is 16.2. The van der Waals surface area contributed by atoms with E-state index in [4.69, 9.17) is 4.74 Å². The van der Waals surface area contributed by atoms with E-state index in [-0.39, 0.29) is 18.5 Å². The van der Waals surface area contributed by atoms with Crippen molar-refractivity contribution in [2.45, 2.75) is 12.6 Å². The van der Waals surface area contributed by atoms with Crippen LogP contribution in [0.4, 0.5) is 0 Å². The Kier molecular flexibility index (Phi) is 4.90. The molecule has 1 saturated heterocycles. The fourth-order valence-electron chi connectivity index (χ4n) is 2.97. The summed E-state index contributed by atoms with van der Waals surface area (Å²) in [5.74, 6) is 0.644. The number of amides is 1. The molecule has 0 radical (unpaired) electrons. The molecule has 1 N–H and O–H groups in total. The number of nitrogens with zero attached hydrogens (tertiary/aromatic N) is 3. The first-order chi connectivity index (χ1) is 11.7. The number of piperazine rings is 1. The minimum absolute atomic E-state index is 0.0156. The maximum Gasteiger partial charge on any atom is 0.347 e. The lowest BCUT2D eigenvalue weighted by molar-refractivity contribution is -0.135. The average Bonchev–Trinajstić information content (AvgIpc) is 2.63. The van der Waals surface area contributed by atoms with Gasteiger partial charge in [0.15, 0.2) is 0 Å². The van der Waals surface area contributed by atoms with Crippen molar-refractivity contribution < 1.29 is 9.53 Å². The van der Waals surface area contributed by atoms with Gasteiger partial charge in [0.05, 0.1) is 13.2 Å². The standard InChI is InChI=1S/C17H20N4O3/c1-24-15-6-3-2-5-13(15)14-11-18-8-10-21(14)16(22)12-20-9-4-7-19-17(20)23/h2-7,9,14,18H,8,10-12H2,1H3/t14-/m0/s1. The van der Waals surface area contributed by atoms with Crippen LogP contribution in [-0.4, -0.2) is 47.1 Å². The smallest absolute Gasteiger partial charge is 0.347 e. The maximum absolute atomic E-state index is 12.8. The van der Waals surface area contributed by atoms with Gasteiger partial charge in [-0.25, -0.2) is 9.78 Å². The highest BCUT2D eigenvalue weighted by molar-refractivity contribution is 5.77. The van der Waals surface area contributed by atoms with Gasteiger partial charge in [-0.3, -0.25) is 9.36 Å². The predicted molar refractivity (Wildman–Crippen MR) is 88.8 cm³/mol. The molecule has 0 unspecified atom stereocenters. The van der Waals surface area contributed by atoms with Gasteiger partial charge in [-0.1, -0.05) is 18.2 Å². The van der Waals surface area contributed by atoms with Gasteiger partial charge >= 0.3 is 5.69 Å². The third-order valence-corrected chi connectivity index (χ3v) is 4.15. The Hall–Kier alpha value is -2.67. The summed E-state index contributed by atoms with van der Waals surface area (Å²) >= 11 is 0. The van der Waals surface area contributed by atoms with Gasteiger partial charge in [0, 0.05) is 37.6 Å². The molecule has 0 bridgehead atoms. The number of aromatic nitrogens is 2. The molecule has 126 valence electrons. The summed E-state index contributed by atoms with van der Waals surface area (Å²) in [6.07, 6.45) is 3.00. The molecular weight excluding hydrogens is 308 g/mol. The molecule has 1 atom stereocenters. The molecule has 1 aromatic heterocycles. The molecule has 1 aromatic carbocycles. The zero-order chi connectivity index (χ0) is 16.9. The second-order valence-electron chi connectivity index (χ2n) is 5.58. The molecule has 24 heavy (non-hydrogen) atoms. The van der Waals surface area contributed by atoms with Crippen molar-refractivity contribution >= 4 is 5.91 Å². The van der Waals surface area contributed by atoms with E-state index >= 15 is 0 Å². The van der Waals surface area contributed by atoms with E-state index in [0.717, 1.165) is 17.9 Å². The summed E-state index contributed by atoms with van der Waals surface area (Å²) in [5, 5.41) is 3.31. The molecule has 0 saturated carbocycles. The molecule has 7 heteroatoms. The number of carbonyl (C=O) groups is 1. The van der Waals surface area contributed by atoms with Gasteiger partial charge in [-0.15, -0.1) is 0 Å². The molecule has 7 nitrogen and oxygen atoms in total. The average molecular weight is 328 g/mol. The number of para-hydroxylation sites is 1. The third kappa shape index (κ3) is 3.30. The van der Waals surface area contributed by atoms with Gasteiger partial charge in [-0.05, 0) is 12.1 Å². The lowest BCUT2D eigenvalue weighted by Gasteiger charge is -2.37. The summed E-state index contributed by atoms with van der Waals surface area (Å²) in [4.78, 5) is 30.0. The Balaban J connectivity index is 1.85. The summed E-state index contributed by atoms with van der Waals surface area (Å²) in [6, 6.07) is 9.20. The van der Waals surface area contributed by atoms with E-state index in [1.165, 1.54) is 10.8 Å². The second kappa shape index (κ2) is 7.27. The normalized spacial score (nSPS) is 17.5. The molecule has 1 aliphatic heterocycles. The monoisotopic (exact) mass is 328 g/mol. The Bertz CT molecular complexity index is 774. The zero-order valence-corrected chi connectivity index (χ0v) is 13.5. The Morgan fingerprint density at radius 2 is 2.21 bits per heavy atom. The highest BCUT2D eigenvalue weighted by Crippen LogP contribution is 2.30. The van der Waals surface area contributed by atoms with Crippen molar-refractivity contribution in [2.24, 2.45) is 0 Å². The van der Waals surface area contributed by atoms with Crippen LogP contribution in [0, 0.1) is 0 Å². The van der Waals surface area contributed by atoms with Crippen LogP contribution >= 0.6 is 0 Å². The SMILES string of the molecule is COc1ccccc1[C@@H]1CNCCN1C(=O)Cn1cccnc1=O. The maximum atomic E-state index is 12.8. The van der Waals surface area contributed by atoms with Gasteiger partial charge < -0.3 is 15.0 Å². The van der Waals surface area contributed by atoms with Gasteiger partial charge in [0.25, 0.3) is 0 Å². The summed E-state index contributed by atoms with van der Waals surface area (Å²) in [6.45, 7) is 1.93. The summed E-state index contributed by atoms with van der Waals surface area (Å²) < 4.78 is 6.76. The van der Waals surface area contributed by atoms with Crippen molar-refractivity contribution in [3.8, 4) is 5.75 Å². The molecule has 0 spiro atoms. The fraction of sp³-hybridized carbons (Fsp3) is 0.353. The third-order valence-electron chi connectivity index (χ3n) is 4.15. The van der Waals surface area contributed by atoms with Crippen molar-refractivity contribution in [1.29, 1.82) is 0 Å². The highest BCUT2D eigenvalue weighted by Gasteiger charge is 2.29. The molecule has 0 aliphatic carbocycles. The van der Waals surface area contributed by atoms with Crippen LogP contribution in [0.15, 0.2) is 47.5 Å². The minimum atomic E-state index is -0.421. The lowest BCUT2D eigenvalue weighted by atomic mass is 10.0. The minimum Gasteiger partial charge on any atom is -0.496 e. The van der Waals surface area contributed by atoms with Crippen LogP contribution in [0.25, 0.3) is 0 Å². The van der Waals surface area contributed by atoms with Crippen LogP contribution < -0.4 is 15.7 Å². The fourth-order valence-corrected chi connectivity index (χ4v) is 2.97. The predicted octanol–water partition coefficient (Wildman–Crippen LogP) is 0.425. The molecule has 3 rings (SSSR count). The summed E-state index contributed by atoms with van der Waals surface area (Å²) in [7, 11) is 1.62. The number of ether oxygens (including phenoxy) is 1. The van der Waals surface area contributed by atoms with E-state index in [1.54, 1.807) is 24.3 Å². The van der Waals surface area contributed by atoms with Crippen LogP contribution in [0.5, 0.6) is 5.75 Å². The number of rotatable bonds is 4. The summed E-state index contributed by atoms with van der Waals surface area (Å²) in [5.41, 5.74) is 0.536. The number of carbonyl (C=O) groups excluding carboxylic acids is 1. The highest BCUT2D eigenvalue weighted by atomic mass is 16.5. The van der Waals surface area contributed by atoms with Crippen molar-refractivity contribution in [3.05, 3.63) is 58.8 Å². The van der Waals surface area contributed by atoms with Crippen LogP contribution in [0.2, 0.25) is 0 Å². The van der Waals surface area contributed by atoms with Crippen LogP contribution in [0.3, 0.4) is 0 Å². The number of hydrogen-bond acceptors (Lipinski definition) is 5. The number of nitrogens with one attached hydrogen (secondary N) is 1. The molecular formula is C17H20N4O3. The van der Waals surface area contributed by atoms with Gasteiger partial charge in [0.2, 0.25) is 5.91 Å². The Morgan fingerprint density at radius 3 is 3.00 bits per heavy atom. The number of hydrogen-bond donors (Lipinski definition) is 1. The number of methoxy groups -OCH3 is 1. The van der Waals surface area contributed by atoms with Crippen molar-refractivity contribution in [2.75, 3.05) is 26.7 Å². The molecule has 1 aliphatic rings. The Morgan fingerprint density at radius 1 is 1.38 bits per heavy atom. The van der Waals surface area contributed by atoms with Crippen molar-refractivity contribution in [1.82, 2.24) is 19.8 Å². The molecule has 1 amide bonds. The molecule has 1 fully saturated rings. The topological polar surface area (TPSA) is 76.5 Å². The van der Waals surface area contributed by atoms with Crippen molar-refractivity contribution in [3.63, 3.8) is 0 Å². The second-order valence-corrected chi connectivity index (χ2v) is 5.58. The largest absolute Gasteiger partial charge is 0.496 e. The van der Waals surface area contributed by atoms with Crippen LogP contribution in [0.1, 0.15) is 11.6 Å². The van der Waals surface area contributed by atoms with E-state index < -0.39 is 5.69 Å². The van der Waals surface area contributed by atoms with Gasteiger partial charge in [0.1, 0.15) is 12.3 Å². The van der Waals surface area contributed by atoms with E-state index in [9.17, 15) is 9.59 Å². The lowest BCUT2D eigenvalue weighted by Crippen LogP contribution is -2.50. The van der Waals surface area contributed by atoms with E-state index in [2.05, 4.69) is 10.3 Å². The molecule has 2 aromatic rings. The van der Waals surface area contributed by atoms with Gasteiger partial charge in [-0.2, -0.15) is 0 Å². The van der Waals surface area contributed by atoms with Crippen LogP contribution in [-0.2, 0) is 11.3 Å². The zero-order valence-electron chi connectivity index (χ0n) is 13.5. The molecule has 2 heterocycles. The quantitative estimate of drug-likeness (QED) is 0.880. The first-order valence-corrected chi connectivity index (χ1v) is 7.85.